The van der Waals surface area contributed by atoms with E-state index in [4.69, 9.17) is 9.47 Å². The fourth-order valence-corrected chi connectivity index (χ4v) is 3.51. The first kappa shape index (κ1) is 17.6. The second-order valence-corrected chi connectivity index (χ2v) is 8.15. The van der Waals surface area contributed by atoms with Crippen molar-refractivity contribution < 1.29 is 14.3 Å². The van der Waals surface area contributed by atoms with E-state index in [0.717, 1.165) is 27.7 Å². The first-order chi connectivity index (χ1) is 10.3. The first-order valence-corrected chi connectivity index (χ1v) is 8.89. The van der Waals surface area contributed by atoms with E-state index in [-0.39, 0.29) is 6.09 Å². The summed E-state index contributed by atoms with van der Waals surface area (Å²) >= 11 is 6.97. The molecule has 122 valence electrons. The van der Waals surface area contributed by atoms with Gasteiger partial charge < -0.3 is 14.4 Å². The zero-order chi connectivity index (χ0) is 16.3. The zero-order valence-corrected chi connectivity index (χ0v) is 16.2. The molecule has 1 atom stereocenters. The number of hydrogen-bond acceptors (Lipinski definition) is 3. The van der Waals surface area contributed by atoms with Crippen molar-refractivity contribution in [2.45, 2.75) is 32.8 Å². The van der Waals surface area contributed by atoms with E-state index in [2.05, 4.69) is 31.9 Å². The van der Waals surface area contributed by atoms with E-state index in [1.807, 2.05) is 39.0 Å². The minimum Gasteiger partial charge on any atom is -0.491 e. The Balaban J connectivity index is 1.85. The minimum absolute atomic E-state index is 0.239. The molecule has 1 fully saturated rings. The van der Waals surface area contributed by atoms with Crippen molar-refractivity contribution in [1.82, 2.24) is 4.90 Å². The van der Waals surface area contributed by atoms with Crippen LogP contribution in [-0.2, 0) is 4.74 Å². The number of likely N-dealkylation sites (tertiary alicyclic amines) is 1. The van der Waals surface area contributed by atoms with Crippen molar-refractivity contribution in [2.75, 3.05) is 19.7 Å². The van der Waals surface area contributed by atoms with Gasteiger partial charge in [0.2, 0.25) is 0 Å². The standard InChI is InChI=1S/C16H21Br2NO3/c1-16(2,3)22-15(20)19-8-7-11(9-19)10-21-14-12(17)5-4-6-13(14)18/h4-6,11H,7-10H2,1-3H3. The molecule has 0 aliphatic carbocycles. The van der Waals surface area contributed by atoms with Crippen LogP contribution in [0.1, 0.15) is 27.2 Å². The SMILES string of the molecule is CC(C)(C)OC(=O)N1CCC(COc2c(Br)cccc2Br)C1. The number of carbonyl (C=O) groups is 1. The summed E-state index contributed by atoms with van der Waals surface area (Å²) in [6.07, 6.45) is 0.693. The lowest BCUT2D eigenvalue weighted by Gasteiger charge is -2.24. The number of para-hydroxylation sites is 1. The molecule has 1 saturated heterocycles. The predicted molar refractivity (Wildman–Crippen MR) is 93.3 cm³/mol. The van der Waals surface area contributed by atoms with E-state index in [1.54, 1.807) is 4.90 Å². The van der Waals surface area contributed by atoms with Crippen molar-refractivity contribution in [3.8, 4) is 5.75 Å². The summed E-state index contributed by atoms with van der Waals surface area (Å²) < 4.78 is 13.2. The van der Waals surface area contributed by atoms with Gasteiger partial charge >= 0.3 is 6.09 Å². The third-order valence-corrected chi connectivity index (χ3v) is 4.57. The normalized spacial score (nSPS) is 18.4. The molecule has 0 bridgehead atoms. The highest BCUT2D eigenvalue weighted by atomic mass is 79.9. The summed E-state index contributed by atoms with van der Waals surface area (Å²) in [6.45, 7) is 7.63. The molecular formula is C16H21Br2NO3. The average Bonchev–Trinajstić information content (AvgIpc) is 2.85. The summed E-state index contributed by atoms with van der Waals surface area (Å²) in [5.74, 6) is 1.13. The minimum atomic E-state index is -0.453. The van der Waals surface area contributed by atoms with Crippen LogP contribution in [0.15, 0.2) is 27.1 Å². The number of benzene rings is 1. The second-order valence-electron chi connectivity index (χ2n) is 6.44. The number of carbonyl (C=O) groups excluding carboxylic acids is 1. The van der Waals surface area contributed by atoms with Crippen LogP contribution >= 0.6 is 31.9 Å². The number of rotatable bonds is 3. The molecule has 1 aliphatic rings. The summed E-state index contributed by atoms with van der Waals surface area (Å²) in [5.41, 5.74) is -0.453. The molecule has 1 amide bonds. The highest BCUT2D eigenvalue weighted by molar-refractivity contribution is 9.11. The van der Waals surface area contributed by atoms with Crippen LogP contribution in [0.4, 0.5) is 4.79 Å². The molecule has 1 aromatic carbocycles. The number of nitrogens with zero attached hydrogens (tertiary/aromatic N) is 1. The van der Waals surface area contributed by atoms with Gasteiger partial charge in [-0.1, -0.05) is 6.07 Å². The van der Waals surface area contributed by atoms with E-state index in [0.29, 0.717) is 19.1 Å². The molecule has 6 heteroatoms. The van der Waals surface area contributed by atoms with Crippen LogP contribution in [0.2, 0.25) is 0 Å². The van der Waals surface area contributed by atoms with Gasteiger partial charge in [0.15, 0.2) is 0 Å². The third-order valence-electron chi connectivity index (χ3n) is 3.32. The van der Waals surface area contributed by atoms with E-state index in [1.165, 1.54) is 0 Å². The fourth-order valence-electron chi connectivity index (χ4n) is 2.28. The van der Waals surface area contributed by atoms with E-state index >= 15 is 0 Å². The van der Waals surface area contributed by atoms with Crippen molar-refractivity contribution in [3.05, 3.63) is 27.1 Å². The largest absolute Gasteiger partial charge is 0.491 e. The molecule has 1 aliphatic heterocycles. The van der Waals surface area contributed by atoms with Gasteiger partial charge in [-0.05, 0) is 71.2 Å². The molecule has 0 spiro atoms. The molecule has 0 radical (unpaired) electrons. The van der Waals surface area contributed by atoms with Gasteiger partial charge in [0.1, 0.15) is 11.4 Å². The highest BCUT2D eigenvalue weighted by Gasteiger charge is 2.30. The fraction of sp³-hybridized carbons (Fsp3) is 0.562. The Bertz CT molecular complexity index is 522. The molecule has 0 saturated carbocycles. The van der Waals surface area contributed by atoms with Gasteiger partial charge in [0.05, 0.1) is 15.6 Å². The van der Waals surface area contributed by atoms with E-state index < -0.39 is 5.60 Å². The van der Waals surface area contributed by atoms with Crippen molar-refractivity contribution >= 4 is 38.0 Å². The van der Waals surface area contributed by atoms with Crippen molar-refractivity contribution in [1.29, 1.82) is 0 Å². The van der Waals surface area contributed by atoms with Crippen LogP contribution in [-0.4, -0.2) is 36.3 Å². The average molecular weight is 435 g/mol. The lowest BCUT2D eigenvalue weighted by molar-refractivity contribution is 0.0284. The molecule has 4 nitrogen and oxygen atoms in total. The first-order valence-electron chi connectivity index (χ1n) is 7.31. The maximum Gasteiger partial charge on any atom is 0.410 e. The zero-order valence-electron chi connectivity index (χ0n) is 13.1. The molecule has 1 aromatic rings. The van der Waals surface area contributed by atoms with Gasteiger partial charge in [0.25, 0.3) is 0 Å². The molecule has 1 unspecified atom stereocenters. The Morgan fingerprint density at radius 2 is 1.95 bits per heavy atom. The predicted octanol–water partition coefficient (Wildman–Crippen LogP) is 4.85. The number of amides is 1. The van der Waals surface area contributed by atoms with Gasteiger partial charge in [0, 0.05) is 19.0 Å². The van der Waals surface area contributed by atoms with E-state index in [9.17, 15) is 4.79 Å². The smallest absolute Gasteiger partial charge is 0.410 e. The van der Waals surface area contributed by atoms with Crippen LogP contribution < -0.4 is 4.74 Å². The topological polar surface area (TPSA) is 38.8 Å². The Kier molecular flexibility index (Phi) is 5.77. The van der Waals surface area contributed by atoms with Crippen LogP contribution in [0.25, 0.3) is 0 Å². The summed E-state index contributed by atoms with van der Waals surface area (Å²) in [4.78, 5) is 13.8. The maximum atomic E-state index is 12.0. The Hall–Kier alpha value is -0.750. The summed E-state index contributed by atoms with van der Waals surface area (Å²) in [6, 6.07) is 5.84. The lowest BCUT2D eigenvalue weighted by atomic mass is 10.1. The molecule has 0 N–H and O–H groups in total. The number of halogens is 2. The van der Waals surface area contributed by atoms with Gasteiger partial charge in [-0.25, -0.2) is 4.79 Å². The van der Waals surface area contributed by atoms with Crippen molar-refractivity contribution in [3.63, 3.8) is 0 Å². The third kappa shape index (κ3) is 4.88. The molecule has 0 aromatic heterocycles. The van der Waals surface area contributed by atoms with Gasteiger partial charge in [-0.15, -0.1) is 0 Å². The Labute approximate surface area is 148 Å². The number of hydrogen-bond donors (Lipinski definition) is 0. The summed E-state index contributed by atoms with van der Waals surface area (Å²) in [7, 11) is 0. The monoisotopic (exact) mass is 433 g/mol. The van der Waals surface area contributed by atoms with Gasteiger partial charge in [-0.3, -0.25) is 0 Å². The molecule has 2 rings (SSSR count). The molecular weight excluding hydrogens is 414 g/mol. The quantitative estimate of drug-likeness (QED) is 0.682. The summed E-state index contributed by atoms with van der Waals surface area (Å²) in [5, 5.41) is 0. The molecule has 1 heterocycles. The van der Waals surface area contributed by atoms with Crippen LogP contribution in [0.3, 0.4) is 0 Å². The second kappa shape index (κ2) is 7.21. The Morgan fingerprint density at radius 3 is 2.55 bits per heavy atom. The van der Waals surface area contributed by atoms with Crippen LogP contribution in [0, 0.1) is 5.92 Å². The lowest BCUT2D eigenvalue weighted by Crippen LogP contribution is -2.35. The van der Waals surface area contributed by atoms with Gasteiger partial charge in [-0.2, -0.15) is 0 Å². The molecule has 22 heavy (non-hydrogen) atoms. The maximum absolute atomic E-state index is 12.0. The Morgan fingerprint density at radius 1 is 1.32 bits per heavy atom. The van der Waals surface area contributed by atoms with Crippen molar-refractivity contribution in [2.24, 2.45) is 5.92 Å². The van der Waals surface area contributed by atoms with Crippen LogP contribution in [0.5, 0.6) is 5.75 Å². The highest BCUT2D eigenvalue weighted by Crippen LogP contribution is 2.33. The number of ether oxygens (including phenoxy) is 2.